The van der Waals surface area contributed by atoms with Gasteiger partial charge in [-0.15, -0.1) is 0 Å². The summed E-state index contributed by atoms with van der Waals surface area (Å²) in [5.74, 6) is 0. The molecule has 0 atom stereocenters. The van der Waals surface area contributed by atoms with Crippen LogP contribution >= 0.6 is 12.2 Å². The van der Waals surface area contributed by atoms with Gasteiger partial charge in [-0.05, 0) is 64.6 Å². The molecule has 108 valence electrons. The summed E-state index contributed by atoms with van der Waals surface area (Å²) in [4.78, 5) is 0. The highest BCUT2D eigenvalue weighted by Gasteiger charge is 1.42. The van der Waals surface area contributed by atoms with E-state index in [9.17, 15) is 0 Å². The van der Waals surface area contributed by atoms with Crippen molar-refractivity contribution in [1.82, 2.24) is 0 Å². The van der Waals surface area contributed by atoms with Crippen molar-refractivity contribution in [1.29, 1.82) is 0 Å². The molecular formula is C25H2S. The summed E-state index contributed by atoms with van der Waals surface area (Å²) in [6.07, 6.45) is 0. The Morgan fingerprint density at radius 3 is 0.692 bits per heavy atom. The van der Waals surface area contributed by atoms with Crippen LogP contribution in [0.3, 0.4) is 0 Å². The zero-order valence-corrected chi connectivity index (χ0v) is 13.9. The Labute approximate surface area is 155 Å². The second-order valence-corrected chi connectivity index (χ2v) is 3.23. The molecule has 1 heteroatoms. The number of hydrogen-bond acceptors (Lipinski definition) is 1. The molecular weight excluding hydrogens is 332 g/mol. The lowest BCUT2D eigenvalue weighted by atomic mass is 10.6. The van der Waals surface area contributed by atoms with E-state index in [1.165, 1.54) is 0 Å². The summed E-state index contributed by atoms with van der Waals surface area (Å²) < 4.78 is 0. The summed E-state index contributed by atoms with van der Waals surface area (Å²) in [6.45, 7) is 3.30. The third kappa shape index (κ3) is 18.8. The Kier molecular flexibility index (Phi) is 15.9. The van der Waals surface area contributed by atoms with Gasteiger partial charge in [0, 0.05) is 85.3 Å². The number of hydrogen-bond donors (Lipinski definition) is 0. The van der Waals surface area contributed by atoms with Crippen molar-refractivity contribution in [3.05, 3.63) is 138 Å². The largest absolute Gasteiger partial charge is 0.0687 e. The van der Waals surface area contributed by atoms with Crippen LogP contribution < -0.4 is 0 Å². The predicted molar refractivity (Wildman–Crippen MR) is 99.0 cm³/mol. The molecule has 0 spiro atoms. The van der Waals surface area contributed by atoms with E-state index in [4.69, 9.17) is 0 Å². The molecule has 0 aliphatic rings. The first-order chi connectivity index (χ1) is 12.9. The van der Waals surface area contributed by atoms with E-state index >= 15 is 0 Å². The van der Waals surface area contributed by atoms with Gasteiger partial charge in [-0.25, -0.2) is 0 Å². The van der Waals surface area contributed by atoms with Crippen LogP contribution in [0.15, 0.2) is 138 Å². The molecule has 0 aromatic rings. The Morgan fingerprint density at radius 2 is 0.500 bits per heavy atom. The first-order valence-electron chi connectivity index (χ1n) is 6.31. The monoisotopic (exact) mass is 334 g/mol. The van der Waals surface area contributed by atoms with Crippen LogP contribution in [0.4, 0.5) is 0 Å². The molecule has 0 aromatic carbocycles. The molecule has 0 aromatic heterocycles. The maximum absolute atomic E-state index is 4.37. The average Bonchev–Trinajstić information content (AvgIpc) is 2.66. The van der Waals surface area contributed by atoms with Gasteiger partial charge in [-0.3, -0.25) is 0 Å². The summed E-state index contributed by atoms with van der Waals surface area (Å²) in [5, 5.41) is 2.21. The molecule has 26 heavy (non-hydrogen) atoms. The predicted octanol–water partition coefficient (Wildman–Crippen LogP) is 4.34. The minimum atomic E-state index is 2.21. The van der Waals surface area contributed by atoms with Gasteiger partial charge in [0.15, 0.2) is 0 Å². The normalized spacial score (nSPS) is 3.85. The van der Waals surface area contributed by atoms with E-state index in [1.807, 2.05) is 0 Å². The van der Waals surface area contributed by atoms with Crippen LogP contribution in [-0.2, 0) is 0 Å². The molecule has 0 N–H and O–H groups in total. The van der Waals surface area contributed by atoms with Crippen LogP contribution in [0.1, 0.15) is 0 Å². The molecule has 0 unspecified atom stereocenters. The van der Waals surface area contributed by atoms with Gasteiger partial charge in [0.25, 0.3) is 0 Å². The van der Waals surface area contributed by atoms with Crippen molar-refractivity contribution in [2.24, 2.45) is 0 Å². The summed E-state index contributed by atoms with van der Waals surface area (Å²) in [6, 6.07) is 0. The third-order valence-electron chi connectivity index (χ3n) is 1.45. The van der Waals surface area contributed by atoms with Crippen molar-refractivity contribution in [2.75, 3.05) is 0 Å². The zero-order chi connectivity index (χ0) is 19.0. The van der Waals surface area contributed by atoms with Crippen LogP contribution in [0.25, 0.3) is 0 Å². The summed E-state index contributed by atoms with van der Waals surface area (Å²) >= 11 is 4.37. The van der Waals surface area contributed by atoms with Crippen LogP contribution in [0.2, 0.25) is 0 Å². The quantitative estimate of drug-likeness (QED) is 0.469. The second-order valence-electron chi connectivity index (χ2n) is 3.03. The third-order valence-corrected chi connectivity index (χ3v) is 1.55. The van der Waals surface area contributed by atoms with Gasteiger partial charge in [-0.1, -0.05) is 5.73 Å². The molecule has 0 radical (unpaired) electrons. The molecule has 0 saturated heterocycles. The maximum Gasteiger partial charge on any atom is 0.0148 e. The topological polar surface area (TPSA) is 0 Å². The van der Waals surface area contributed by atoms with E-state index in [-0.39, 0.29) is 0 Å². The van der Waals surface area contributed by atoms with Gasteiger partial charge in [0.2, 0.25) is 0 Å². The van der Waals surface area contributed by atoms with Crippen LogP contribution in [0.5, 0.6) is 0 Å². The Morgan fingerprint density at radius 1 is 0.308 bits per heavy atom. The first-order valence-corrected chi connectivity index (χ1v) is 6.72. The van der Waals surface area contributed by atoms with Crippen molar-refractivity contribution in [3.8, 4) is 0 Å². The average molecular weight is 334 g/mol. The zero-order valence-electron chi connectivity index (χ0n) is 13.1. The van der Waals surface area contributed by atoms with E-state index < -0.39 is 0 Å². The summed E-state index contributed by atoms with van der Waals surface area (Å²) in [5.41, 5.74) is 56.8. The molecule has 0 rings (SSSR count). The smallest absolute Gasteiger partial charge is 0.0148 e. The van der Waals surface area contributed by atoms with Crippen molar-refractivity contribution < 1.29 is 0 Å². The van der Waals surface area contributed by atoms with Crippen LogP contribution in [0, 0.1) is 0 Å². The number of thiocarbonyl (C=S) groups is 1. The second kappa shape index (κ2) is 19.8. The van der Waals surface area contributed by atoms with Gasteiger partial charge < -0.3 is 0 Å². The fourth-order valence-electron chi connectivity index (χ4n) is 0.695. The SMILES string of the molecule is C=C=C=C=C=C=C=C=C=C=C=C=C=C=C=C=C=C=C=C=C=C=C=C=C=S. The lowest BCUT2D eigenvalue weighted by Crippen LogP contribution is -1.25. The molecule has 0 heterocycles. The van der Waals surface area contributed by atoms with E-state index in [2.05, 4.69) is 156 Å². The fraction of sp³-hybridized carbons (Fsp3) is 0. The number of rotatable bonds is 0. The van der Waals surface area contributed by atoms with E-state index in [0.29, 0.717) is 0 Å². The lowest BCUT2D eigenvalue weighted by molar-refractivity contribution is 2.11. The molecule has 0 amide bonds. The highest BCUT2D eigenvalue weighted by atomic mass is 32.1. The fourth-order valence-corrected chi connectivity index (χ4v) is 0.746. The van der Waals surface area contributed by atoms with Gasteiger partial charge in [0.05, 0.1) is 0 Å². The Balaban J connectivity index is 5.89. The molecule has 0 fully saturated rings. The van der Waals surface area contributed by atoms with Gasteiger partial charge >= 0.3 is 0 Å². The summed E-state index contributed by atoms with van der Waals surface area (Å²) in [7, 11) is 0. The highest BCUT2D eigenvalue weighted by Crippen LogP contribution is 1.58. The minimum absolute atomic E-state index is 2.21. The molecule has 0 aliphatic heterocycles. The van der Waals surface area contributed by atoms with Crippen molar-refractivity contribution in [2.45, 2.75) is 0 Å². The van der Waals surface area contributed by atoms with E-state index in [1.54, 1.807) is 0 Å². The molecule has 0 aliphatic carbocycles. The van der Waals surface area contributed by atoms with Crippen molar-refractivity contribution in [3.63, 3.8) is 0 Å². The van der Waals surface area contributed by atoms with Gasteiger partial charge in [-0.2, -0.15) is 0 Å². The molecule has 0 saturated carbocycles. The molecule has 0 nitrogen and oxygen atoms in total. The first kappa shape index (κ1) is 20.8. The molecule has 0 bridgehead atoms. The lowest BCUT2D eigenvalue weighted by Gasteiger charge is -1.40. The standard InChI is InChI=1S/C25H2S/c1-2-3-4-5-6-7-8-9-10-11-12-13-14-15-16-17-18-19-20-21-22-23-24-25-26/h1H2. The Bertz CT molecular complexity index is 1370. The van der Waals surface area contributed by atoms with Crippen LogP contribution in [-0.4, -0.2) is 5.02 Å². The maximum atomic E-state index is 4.37. The van der Waals surface area contributed by atoms with Crippen molar-refractivity contribution >= 4 is 17.2 Å². The van der Waals surface area contributed by atoms with Gasteiger partial charge in [0.1, 0.15) is 0 Å². The minimum Gasteiger partial charge on any atom is -0.0687 e. The highest BCUT2D eigenvalue weighted by molar-refractivity contribution is 7.78. The van der Waals surface area contributed by atoms with E-state index in [0.717, 1.165) is 0 Å². The Hall–Kier alpha value is -5.19.